The van der Waals surface area contributed by atoms with Crippen molar-refractivity contribution >= 4 is 5.82 Å². The van der Waals surface area contributed by atoms with Crippen LogP contribution < -0.4 is 10.5 Å². The Morgan fingerprint density at radius 1 is 1.17 bits per heavy atom. The van der Waals surface area contributed by atoms with Gasteiger partial charge in [0.25, 0.3) is 5.56 Å². The van der Waals surface area contributed by atoms with Crippen LogP contribution in [0.3, 0.4) is 0 Å². The van der Waals surface area contributed by atoms with Gasteiger partial charge in [0.1, 0.15) is 12.1 Å². The number of hydrogen-bond donors (Lipinski definition) is 0. The summed E-state index contributed by atoms with van der Waals surface area (Å²) in [6.45, 7) is 4.47. The van der Waals surface area contributed by atoms with Crippen molar-refractivity contribution in [1.82, 2.24) is 19.7 Å². The molecule has 0 amide bonds. The second kappa shape index (κ2) is 5.76. The zero-order chi connectivity index (χ0) is 15.8. The van der Waals surface area contributed by atoms with Gasteiger partial charge < -0.3 is 4.90 Å². The first-order valence-corrected chi connectivity index (χ1v) is 8.33. The summed E-state index contributed by atoms with van der Waals surface area (Å²) >= 11 is 0. The number of hydrogen-bond acceptors (Lipinski definition) is 5. The Hall–Kier alpha value is -2.24. The smallest absolute Gasteiger partial charge is 0.266 e. The van der Waals surface area contributed by atoms with E-state index >= 15 is 0 Å². The second-order valence-corrected chi connectivity index (χ2v) is 6.60. The summed E-state index contributed by atoms with van der Waals surface area (Å²) in [7, 11) is 0. The predicted molar refractivity (Wildman–Crippen MR) is 87.6 cm³/mol. The minimum atomic E-state index is -0.0199. The molecule has 1 saturated heterocycles. The highest BCUT2D eigenvalue weighted by molar-refractivity contribution is 5.51. The molecule has 1 aliphatic carbocycles. The minimum Gasteiger partial charge on any atom is -0.355 e. The Labute approximate surface area is 135 Å². The SMILES string of the molecule is Cc1ccc(=O)n(CC2CN(c3ncnc4c3CCCC4)C2)n1. The molecule has 0 saturated carbocycles. The number of anilines is 1. The van der Waals surface area contributed by atoms with Gasteiger partial charge in [-0.15, -0.1) is 0 Å². The van der Waals surface area contributed by atoms with Crippen LogP contribution in [0.5, 0.6) is 0 Å². The van der Waals surface area contributed by atoms with Crippen molar-refractivity contribution in [2.45, 2.75) is 39.2 Å². The second-order valence-electron chi connectivity index (χ2n) is 6.60. The van der Waals surface area contributed by atoms with Crippen molar-refractivity contribution in [3.8, 4) is 0 Å². The molecule has 1 aliphatic heterocycles. The van der Waals surface area contributed by atoms with Crippen LogP contribution in [0.2, 0.25) is 0 Å². The zero-order valence-corrected chi connectivity index (χ0v) is 13.4. The summed E-state index contributed by atoms with van der Waals surface area (Å²) in [5.74, 6) is 1.56. The summed E-state index contributed by atoms with van der Waals surface area (Å²) in [5.41, 5.74) is 3.42. The molecule has 0 bridgehead atoms. The molecular formula is C17H21N5O. The molecule has 23 heavy (non-hydrogen) atoms. The lowest BCUT2D eigenvalue weighted by Gasteiger charge is -2.41. The van der Waals surface area contributed by atoms with Crippen LogP contribution in [0.25, 0.3) is 0 Å². The van der Waals surface area contributed by atoms with Crippen LogP contribution >= 0.6 is 0 Å². The van der Waals surface area contributed by atoms with E-state index in [-0.39, 0.29) is 5.56 Å². The maximum atomic E-state index is 11.9. The predicted octanol–water partition coefficient (Wildman–Crippen LogP) is 1.36. The van der Waals surface area contributed by atoms with E-state index in [9.17, 15) is 4.79 Å². The van der Waals surface area contributed by atoms with Gasteiger partial charge in [-0.05, 0) is 38.7 Å². The van der Waals surface area contributed by atoms with Crippen molar-refractivity contribution in [2.75, 3.05) is 18.0 Å². The molecule has 0 unspecified atom stereocenters. The van der Waals surface area contributed by atoms with Gasteiger partial charge in [-0.2, -0.15) is 5.10 Å². The molecule has 4 rings (SSSR count). The first-order chi connectivity index (χ1) is 11.2. The number of nitrogens with zero attached hydrogens (tertiary/aromatic N) is 5. The van der Waals surface area contributed by atoms with Crippen molar-refractivity contribution in [1.29, 1.82) is 0 Å². The highest BCUT2D eigenvalue weighted by atomic mass is 16.1. The van der Waals surface area contributed by atoms with Gasteiger partial charge in [-0.3, -0.25) is 4.79 Å². The molecule has 2 aromatic rings. The van der Waals surface area contributed by atoms with Crippen LogP contribution in [-0.2, 0) is 19.4 Å². The van der Waals surface area contributed by atoms with Gasteiger partial charge in [0.15, 0.2) is 0 Å². The van der Waals surface area contributed by atoms with E-state index in [0.29, 0.717) is 12.5 Å². The number of aromatic nitrogens is 4. The van der Waals surface area contributed by atoms with Gasteiger partial charge in [0.05, 0.1) is 12.2 Å². The fourth-order valence-electron chi connectivity index (χ4n) is 3.56. The number of fused-ring (bicyclic) bond motifs is 1. The Balaban J connectivity index is 1.46. The lowest BCUT2D eigenvalue weighted by Crippen LogP contribution is -2.50. The van der Waals surface area contributed by atoms with Crippen molar-refractivity contribution in [3.63, 3.8) is 0 Å². The van der Waals surface area contributed by atoms with Crippen LogP contribution in [0.15, 0.2) is 23.3 Å². The highest BCUT2D eigenvalue weighted by Gasteiger charge is 2.31. The molecule has 6 nitrogen and oxygen atoms in total. The first-order valence-electron chi connectivity index (χ1n) is 8.33. The Morgan fingerprint density at radius 2 is 2.00 bits per heavy atom. The van der Waals surface area contributed by atoms with E-state index in [4.69, 9.17) is 0 Å². The molecule has 3 heterocycles. The summed E-state index contributed by atoms with van der Waals surface area (Å²) in [6.07, 6.45) is 6.32. The Morgan fingerprint density at radius 3 is 2.87 bits per heavy atom. The van der Waals surface area contributed by atoms with Crippen LogP contribution in [-0.4, -0.2) is 32.8 Å². The van der Waals surface area contributed by atoms with Crippen LogP contribution in [0.4, 0.5) is 5.82 Å². The van der Waals surface area contributed by atoms with E-state index in [0.717, 1.165) is 37.4 Å². The fraction of sp³-hybridized carbons (Fsp3) is 0.529. The molecule has 6 heteroatoms. The van der Waals surface area contributed by atoms with E-state index in [1.165, 1.54) is 24.1 Å². The van der Waals surface area contributed by atoms with Gasteiger partial charge in [-0.1, -0.05) is 0 Å². The molecule has 1 fully saturated rings. The third kappa shape index (κ3) is 2.73. The van der Waals surface area contributed by atoms with Crippen molar-refractivity contribution < 1.29 is 0 Å². The molecule has 2 aromatic heterocycles. The van der Waals surface area contributed by atoms with Crippen molar-refractivity contribution in [3.05, 3.63) is 45.8 Å². The molecule has 0 aromatic carbocycles. The molecule has 2 aliphatic rings. The lowest BCUT2D eigenvalue weighted by atomic mass is 9.93. The van der Waals surface area contributed by atoms with Crippen LogP contribution in [0, 0.1) is 12.8 Å². The summed E-state index contributed by atoms with van der Waals surface area (Å²) in [6, 6.07) is 3.36. The quantitative estimate of drug-likeness (QED) is 0.856. The van der Waals surface area contributed by atoms with Gasteiger partial charge in [0.2, 0.25) is 0 Å². The third-order valence-electron chi connectivity index (χ3n) is 4.79. The highest BCUT2D eigenvalue weighted by Crippen LogP contribution is 2.31. The van der Waals surface area contributed by atoms with E-state index < -0.39 is 0 Å². The van der Waals surface area contributed by atoms with Crippen molar-refractivity contribution in [2.24, 2.45) is 5.92 Å². The Kier molecular flexibility index (Phi) is 3.59. The molecule has 0 radical (unpaired) electrons. The normalized spacial score (nSPS) is 17.7. The maximum Gasteiger partial charge on any atom is 0.266 e. The molecule has 0 spiro atoms. The lowest BCUT2D eigenvalue weighted by molar-refractivity contribution is 0.331. The van der Waals surface area contributed by atoms with Gasteiger partial charge in [-0.25, -0.2) is 14.6 Å². The van der Waals surface area contributed by atoms with E-state index in [1.807, 2.05) is 6.92 Å². The zero-order valence-electron chi connectivity index (χ0n) is 13.4. The number of rotatable bonds is 3. The summed E-state index contributed by atoms with van der Waals surface area (Å²) < 4.78 is 1.59. The standard InChI is InChI=1S/C17H21N5O/c1-12-6-7-16(23)22(20-12)10-13-8-21(9-13)17-14-4-2-3-5-15(14)18-11-19-17/h6-7,11,13H,2-5,8-10H2,1H3. The maximum absolute atomic E-state index is 11.9. The largest absolute Gasteiger partial charge is 0.355 e. The minimum absolute atomic E-state index is 0.0199. The third-order valence-corrected chi connectivity index (χ3v) is 4.79. The topological polar surface area (TPSA) is 63.9 Å². The van der Waals surface area contributed by atoms with Gasteiger partial charge >= 0.3 is 0 Å². The first kappa shape index (κ1) is 14.4. The van der Waals surface area contributed by atoms with E-state index in [2.05, 4.69) is 20.0 Å². The molecule has 0 atom stereocenters. The monoisotopic (exact) mass is 311 g/mol. The Bertz CT molecular complexity index is 779. The molecule has 120 valence electrons. The summed E-state index contributed by atoms with van der Waals surface area (Å²) in [5, 5.41) is 4.32. The average Bonchev–Trinajstić information content (AvgIpc) is 2.53. The molecular weight excluding hydrogens is 290 g/mol. The molecule has 0 N–H and O–H groups in total. The van der Waals surface area contributed by atoms with E-state index in [1.54, 1.807) is 23.1 Å². The number of aryl methyl sites for hydroxylation is 2. The fourth-order valence-corrected chi connectivity index (χ4v) is 3.56. The average molecular weight is 311 g/mol. The van der Waals surface area contributed by atoms with Gasteiger partial charge in [0, 0.05) is 36.3 Å². The summed E-state index contributed by atoms with van der Waals surface area (Å²) in [4.78, 5) is 23.1. The van der Waals surface area contributed by atoms with Crippen LogP contribution in [0.1, 0.15) is 29.8 Å².